The normalized spacial score (nSPS) is 27.8. The number of rotatable bonds is 3. The fourth-order valence-electron chi connectivity index (χ4n) is 4.28. The first-order valence-electron chi connectivity index (χ1n) is 8.99. The summed E-state index contributed by atoms with van der Waals surface area (Å²) < 4.78 is 5.55. The lowest BCUT2D eigenvalue weighted by Crippen LogP contribution is -2.28. The van der Waals surface area contributed by atoms with Crippen molar-refractivity contribution in [2.24, 2.45) is 23.2 Å². The Labute approximate surface area is 148 Å². The van der Waals surface area contributed by atoms with Crippen molar-refractivity contribution >= 4 is 11.9 Å². The zero-order chi connectivity index (χ0) is 18.4. The molecule has 0 amide bonds. The summed E-state index contributed by atoms with van der Waals surface area (Å²) in [4.78, 5) is 23.6. The van der Waals surface area contributed by atoms with E-state index >= 15 is 0 Å². The highest BCUT2D eigenvalue weighted by molar-refractivity contribution is 5.87. The Balaban J connectivity index is 1.73. The van der Waals surface area contributed by atoms with Crippen LogP contribution in [0.3, 0.4) is 0 Å². The number of carbonyl (C=O) groups is 2. The van der Waals surface area contributed by atoms with Gasteiger partial charge in [0.1, 0.15) is 5.75 Å². The van der Waals surface area contributed by atoms with Crippen molar-refractivity contribution < 1.29 is 19.4 Å². The second-order valence-corrected chi connectivity index (χ2v) is 8.02. The largest absolute Gasteiger partial charge is 0.478 e. The Hall–Kier alpha value is -2.10. The zero-order valence-electron chi connectivity index (χ0n) is 15.3. The Morgan fingerprint density at radius 3 is 2.40 bits per heavy atom. The van der Waals surface area contributed by atoms with Crippen LogP contribution in [0.1, 0.15) is 57.3 Å². The zero-order valence-corrected chi connectivity index (χ0v) is 15.3. The summed E-state index contributed by atoms with van der Waals surface area (Å²) in [6, 6.07) is 5.99. The molecular weight excluding hydrogens is 316 g/mol. The molecule has 0 aliphatic heterocycles. The van der Waals surface area contributed by atoms with E-state index in [2.05, 4.69) is 27.7 Å². The molecule has 0 bridgehead atoms. The van der Waals surface area contributed by atoms with Crippen LogP contribution < -0.4 is 4.74 Å². The minimum Gasteiger partial charge on any atom is -0.478 e. The monoisotopic (exact) mass is 342 g/mol. The third-order valence-electron chi connectivity index (χ3n) is 6.44. The van der Waals surface area contributed by atoms with E-state index in [0.717, 1.165) is 12.8 Å². The molecule has 0 heterocycles. The predicted molar refractivity (Wildman–Crippen MR) is 95.5 cm³/mol. The minimum absolute atomic E-state index is 0.139. The predicted octanol–water partition coefficient (Wildman–Crippen LogP) is 4.70. The molecule has 4 nitrogen and oxygen atoms in total. The lowest BCUT2D eigenvalue weighted by molar-refractivity contribution is -0.139. The fraction of sp³-hybridized carbons (Fsp3) is 0.524. The molecule has 0 radical (unpaired) electrons. The fourth-order valence-corrected chi connectivity index (χ4v) is 4.28. The molecule has 2 aliphatic rings. The van der Waals surface area contributed by atoms with Crippen LogP contribution in [0, 0.1) is 23.2 Å². The van der Waals surface area contributed by atoms with E-state index in [1.165, 1.54) is 29.7 Å². The molecular formula is C21H26O4. The number of allylic oxidation sites excluding steroid dienone is 2. The molecule has 0 spiro atoms. The van der Waals surface area contributed by atoms with Gasteiger partial charge in [-0.05, 0) is 60.8 Å². The topological polar surface area (TPSA) is 63.6 Å². The lowest BCUT2D eigenvalue weighted by Gasteiger charge is -2.39. The molecule has 0 saturated heterocycles. The number of esters is 1. The van der Waals surface area contributed by atoms with Crippen LogP contribution in [0.2, 0.25) is 0 Å². The van der Waals surface area contributed by atoms with Crippen molar-refractivity contribution in [2.45, 2.75) is 47.0 Å². The summed E-state index contributed by atoms with van der Waals surface area (Å²) in [5.74, 6) is -0.110. The van der Waals surface area contributed by atoms with E-state index in [4.69, 9.17) is 9.84 Å². The summed E-state index contributed by atoms with van der Waals surface area (Å²) in [5, 5.41) is 8.94. The van der Waals surface area contributed by atoms with E-state index in [9.17, 15) is 9.59 Å². The average molecular weight is 342 g/mol. The van der Waals surface area contributed by atoms with Crippen molar-refractivity contribution in [1.29, 1.82) is 0 Å². The molecule has 4 heteroatoms. The van der Waals surface area contributed by atoms with Crippen molar-refractivity contribution in [1.82, 2.24) is 0 Å². The average Bonchev–Trinajstić information content (AvgIpc) is 2.90. The van der Waals surface area contributed by atoms with Gasteiger partial charge in [0.05, 0.1) is 11.5 Å². The van der Waals surface area contributed by atoms with Crippen molar-refractivity contribution in [3.63, 3.8) is 0 Å². The summed E-state index contributed by atoms with van der Waals surface area (Å²) >= 11 is 0. The molecule has 0 aromatic heterocycles. The van der Waals surface area contributed by atoms with Crippen molar-refractivity contribution in [3.05, 3.63) is 41.0 Å². The van der Waals surface area contributed by atoms with Gasteiger partial charge in [0, 0.05) is 0 Å². The van der Waals surface area contributed by atoms with E-state index in [0.29, 0.717) is 11.7 Å². The van der Waals surface area contributed by atoms with Gasteiger partial charge in [0.2, 0.25) is 0 Å². The van der Waals surface area contributed by atoms with Crippen LogP contribution in [0.5, 0.6) is 5.75 Å². The van der Waals surface area contributed by atoms with Gasteiger partial charge in [-0.1, -0.05) is 38.8 Å². The first-order valence-corrected chi connectivity index (χ1v) is 8.99. The van der Waals surface area contributed by atoms with Gasteiger partial charge in [-0.15, -0.1) is 0 Å². The van der Waals surface area contributed by atoms with Crippen LogP contribution >= 0.6 is 0 Å². The Morgan fingerprint density at radius 2 is 1.80 bits per heavy atom. The van der Waals surface area contributed by atoms with Gasteiger partial charge in [-0.2, -0.15) is 0 Å². The Morgan fingerprint density at radius 1 is 1.16 bits per heavy atom. The minimum atomic E-state index is -0.990. The summed E-state index contributed by atoms with van der Waals surface area (Å²) in [6.07, 6.45) is 3.03. The second-order valence-electron chi connectivity index (χ2n) is 8.02. The number of aromatic carboxylic acids is 1. The summed E-state index contributed by atoms with van der Waals surface area (Å²) in [7, 11) is 0. The molecule has 3 rings (SSSR count). The number of carboxylic acid groups (broad SMARTS) is 1. The lowest BCUT2D eigenvalue weighted by atomic mass is 9.66. The first-order chi connectivity index (χ1) is 11.7. The first kappa shape index (κ1) is 17.7. The molecule has 1 N–H and O–H groups in total. The highest BCUT2D eigenvalue weighted by atomic mass is 16.5. The van der Waals surface area contributed by atoms with Crippen LogP contribution in [-0.4, -0.2) is 17.0 Å². The van der Waals surface area contributed by atoms with E-state index in [1.807, 2.05) is 0 Å². The maximum absolute atomic E-state index is 12.7. The van der Waals surface area contributed by atoms with Gasteiger partial charge < -0.3 is 9.84 Å². The highest BCUT2D eigenvalue weighted by Gasteiger charge is 2.46. The number of ether oxygens (including phenoxy) is 1. The quantitative estimate of drug-likeness (QED) is 0.491. The van der Waals surface area contributed by atoms with E-state index in [1.54, 1.807) is 12.1 Å². The molecule has 134 valence electrons. The molecule has 3 unspecified atom stereocenters. The number of carbonyl (C=O) groups excluding carboxylic acids is 1. The SMILES string of the molecule is CC1C2=C(CC1C(=O)Oc1ccc(C(=O)O)cc1)C(C)(C)C(C)CC2. The second kappa shape index (κ2) is 6.32. The van der Waals surface area contributed by atoms with Gasteiger partial charge in [-0.25, -0.2) is 4.79 Å². The van der Waals surface area contributed by atoms with Gasteiger partial charge in [-0.3, -0.25) is 4.79 Å². The van der Waals surface area contributed by atoms with Crippen molar-refractivity contribution in [2.75, 3.05) is 0 Å². The molecule has 1 aromatic carbocycles. The van der Waals surface area contributed by atoms with E-state index < -0.39 is 5.97 Å². The molecule has 0 fully saturated rings. The van der Waals surface area contributed by atoms with Crippen LogP contribution in [0.4, 0.5) is 0 Å². The van der Waals surface area contributed by atoms with Gasteiger partial charge in [0.15, 0.2) is 0 Å². The molecule has 25 heavy (non-hydrogen) atoms. The summed E-state index contributed by atoms with van der Waals surface area (Å²) in [6.45, 7) is 9.01. The molecule has 0 saturated carbocycles. The maximum atomic E-state index is 12.7. The standard InChI is InChI=1S/C21H26O4/c1-12-5-10-16-13(2)17(11-18(16)21(12,3)4)20(24)25-15-8-6-14(7-9-15)19(22)23/h6-9,12-13,17H,5,10-11H2,1-4H3,(H,22,23). The maximum Gasteiger partial charge on any atom is 0.335 e. The highest BCUT2D eigenvalue weighted by Crippen LogP contribution is 2.54. The Kier molecular flexibility index (Phi) is 4.48. The van der Waals surface area contributed by atoms with E-state index in [-0.39, 0.29) is 28.8 Å². The van der Waals surface area contributed by atoms with Gasteiger partial charge >= 0.3 is 11.9 Å². The van der Waals surface area contributed by atoms with Crippen LogP contribution in [0.25, 0.3) is 0 Å². The number of benzene rings is 1. The molecule has 1 aromatic rings. The smallest absolute Gasteiger partial charge is 0.335 e. The van der Waals surface area contributed by atoms with Gasteiger partial charge in [0.25, 0.3) is 0 Å². The third-order valence-corrected chi connectivity index (χ3v) is 6.44. The Bertz CT molecular complexity index is 727. The van der Waals surface area contributed by atoms with Crippen molar-refractivity contribution in [3.8, 4) is 5.75 Å². The number of hydrogen-bond acceptors (Lipinski definition) is 3. The third kappa shape index (κ3) is 3.10. The number of hydrogen-bond donors (Lipinski definition) is 1. The summed E-state index contributed by atoms with van der Waals surface area (Å²) in [5.41, 5.74) is 3.22. The van der Waals surface area contributed by atoms with Crippen LogP contribution in [-0.2, 0) is 4.79 Å². The molecule has 2 aliphatic carbocycles. The molecule has 3 atom stereocenters. The number of carboxylic acids is 1. The van der Waals surface area contributed by atoms with Crippen LogP contribution in [0.15, 0.2) is 35.4 Å².